The second kappa shape index (κ2) is 11.2. The number of halogens is 1. The second-order valence-corrected chi connectivity index (χ2v) is 8.19. The van der Waals surface area contributed by atoms with Crippen LogP contribution in [0.25, 0.3) is 0 Å². The first-order valence-electron chi connectivity index (χ1n) is 10.5. The molecule has 2 N–H and O–H groups in total. The summed E-state index contributed by atoms with van der Waals surface area (Å²) in [5.74, 6) is -0.362. The lowest BCUT2D eigenvalue weighted by Crippen LogP contribution is -2.35. The predicted octanol–water partition coefficient (Wildman–Crippen LogP) is 4.36. The van der Waals surface area contributed by atoms with Gasteiger partial charge in [0.15, 0.2) is 5.13 Å². The summed E-state index contributed by atoms with van der Waals surface area (Å²) in [5, 5.41) is 7.72. The van der Waals surface area contributed by atoms with E-state index < -0.39 is 5.82 Å². The van der Waals surface area contributed by atoms with E-state index in [1.807, 2.05) is 12.1 Å². The first-order valence-corrected chi connectivity index (χ1v) is 11.4. The minimum absolute atomic E-state index is 0.113. The van der Waals surface area contributed by atoms with Crippen molar-refractivity contribution in [2.75, 3.05) is 11.9 Å². The average Bonchev–Trinajstić information content (AvgIpc) is 3.54. The third kappa shape index (κ3) is 6.26. The zero-order valence-corrected chi connectivity index (χ0v) is 18.9. The molecule has 3 aromatic heterocycles. The van der Waals surface area contributed by atoms with Crippen LogP contribution in [0.15, 0.2) is 77.0 Å². The van der Waals surface area contributed by atoms with Crippen LogP contribution in [0.1, 0.15) is 28.2 Å². The lowest BCUT2D eigenvalue weighted by Gasteiger charge is -2.20. The molecular weight excluding hydrogens is 457 g/mol. The van der Waals surface area contributed by atoms with E-state index in [1.165, 1.54) is 28.6 Å². The monoisotopic (exact) mass is 479 g/mol. The predicted molar refractivity (Wildman–Crippen MR) is 126 cm³/mol. The molecule has 0 fully saturated rings. The SMILES string of the molecule is O=C(CCN(Cc1ccco1)C(=O)c1csc(Nc2ccccc2F)n1)NCc1ccncc1. The largest absolute Gasteiger partial charge is 0.467 e. The van der Waals surface area contributed by atoms with Gasteiger partial charge in [-0.15, -0.1) is 11.3 Å². The number of carbonyl (C=O) groups excluding carboxylic acids is 2. The molecule has 0 radical (unpaired) electrons. The van der Waals surface area contributed by atoms with Crippen LogP contribution in [-0.2, 0) is 17.9 Å². The Bertz CT molecular complexity index is 1230. The molecule has 0 atom stereocenters. The molecule has 4 aromatic rings. The molecule has 0 saturated heterocycles. The van der Waals surface area contributed by atoms with Crippen LogP contribution < -0.4 is 10.6 Å². The van der Waals surface area contributed by atoms with Crippen LogP contribution in [0.5, 0.6) is 0 Å². The number of pyridine rings is 1. The highest BCUT2D eigenvalue weighted by molar-refractivity contribution is 7.14. The van der Waals surface area contributed by atoms with E-state index in [4.69, 9.17) is 4.42 Å². The Balaban J connectivity index is 1.40. The lowest BCUT2D eigenvalue weighted by molar-refractivity contribution is -0.121. The van der Waals surface area contributed by atoms with Gasteiger partial charge in [-0.3, -0.25) is 14.6 Å². The molecule has 174 valence electrons. The van der Waals surface area contributed by atoms with Gasteiger partial charge in [-0.2, -0.15) is 0 Å². The molecule has 4 rings (SSSR count). The highest BCUT2D eigenvalue weighted by Gasteiger charge is 2.21. The zero-order chi connectivity index (χ0) is 23.8. The van der Waals surface area contributed by atoms with Crippen LogP contribution in [0, 0.1) is 5.82 Å². The Morgan fingerprint density at radius 2 is 1.91 bits per heavy atom. The van der Waals surface area contributed by atoms with E-state index in [9.17, 15) is 14.0 Å². The van der Waals surface area contributed by atoms with Gasteiger partial charge in [0.25, 0.3) is 5.91 Å². The Morgan fingerprint density at radius 1 is 1.09 bits per heavy atom. The fraction of sp³-hybridized carbons (Fsp3) is 0.167. The smallest absolute Gasteiger partial charge is 0.273 e. The van der Waals surface area contributed by atoms with E-state index in [-0.39, 0.29) is 42.7 Å². The maximum Gasteiger partial charge on any atom is 0.273 e. The van der Waals surface area contributed by atoms with E-state index >= 15 is 0 Å². The summed E-state index contributed by atoms with van der Waals surface area (Å²) in [6.07, 6.45) is 4.96. The van der Waals surface area contributed by atoms with Crippen molar-refractivity contribution in [3.05, 3.63) is 95.4 Å². The van der Waals surface area contributed by atoms with Crippen molar-refractivity contribution in [3.63, 3.8) is 0 Å². The molecule has 0 unspecified atom stereocenters. The van der Waals surface area contributed by atoms with Crippen molar-refractivity contribution in [2.45, 2.75) is 19.5 Å². The summed E-state index contributed by atoms with van der Waals surface area (Å²) in [6, 6.07) is 13.4. The van der Waals surface area contributed by atoms with E-state index in [2.05, 4.69) is 20.6 Å². The highest BCUT2D eigenvalue weighted by atomic mass is 32.1. The number of anilines is 2. The van der Waals surface area contributed by atoms with Crippen LogP contribution >= 0.6 is 11.3 Å². The molecule has 0 spiro atoms. The van der Waals surface area contributed by atoms with Gasteiger partial charge in [0.2, 0.25) is 5.91 Å². The second-order valence-electron chi connectivity index (χ2n) is 7.33. The van der Waals surface area contributed by atoms with Crippen molar-refractivity contribution in [1.82, 2.24) is 20.2 Å². The van der Waals surface area contributed by atoms with Gasteiger partial charge in [0, 0.05) is 37.3 Å². The number of para-hydroxylation sites is 1. The number of furan rings is 1. The molecule has 34 heavy (non-hydrogen) atoms. The summed E-state index contributed by atoms with van der Waals surface area (Å²) in [4.78, 5) is 35.3. The number of thiazole rings is 1. The van der Waals surface area contributed by atoms with E-state index in [0.29, 0.717) is 17.4 Å². The molecule has 0 aliphatic carbocycles. The fourth-order valence-corrected chi connectivity index (χ4v) is 3.84. The van der Waals surface area contributed by atoms with Crippen molar-refractivity contribution < 1.29 is 18.4 Å². The maximum atomic E-state index is 13.9. The standard InChI is InChI=1S/C24H22FN5O3S/c25-19-5-1-2-6-20(19)28-24-29-21(16-34-24)23(32)30(15-18-4-3-13-33-18)12-9-22(31)27-14-17-7-10-26-11-8-17/h1-8,10-11,13,16H,9,12,14-15H2,(H,27,31)(H,28,29). The number of nitrogens with one attached hydrogen (secondary N) is 2. The van der Waals surface area contributed by atoms with Gasteiger partial charge in [-0.25, -0.2) is 9.37 Å². The highest BCUT2D eigenvalue weighted by Crippen LogP contribution is 2.24. The molecule has 10 heteroatoms. The summed E-state index contributed by atoms with van der Waals surface area (Å²) in [5.41, 5.74) is 1.41. The molecule has 0 aliphatic heterocycles. The van der Waals surface area contributed by atoms with Gasteiger partial charge < -0.3 is 20.0 Å². The van der Waals surface area contributed by atoms with Crippen LogP contribution in [-0.4, -0.2) is 33.2 Å². The number of carbonyl (C=O) groups is 2. The first-order chi connectivity index (χ1) is 16.6. The van der Waals surface area contributed by atoms with Crippen molar-refractivity contribution >= 4 is 34.0 Å². The Labute approximate surface area is 199 Å². The number of rotatable bonds is 10. The molecule has 0 saturated carbocycles. The third-order valence-electron chi connectivity index (χ3n) is 4.90. The summed E-state index contributed by atoms with van der Waals surface area (Å²) < 4.78 is 19.3. The van der Waals surface area contributed by atoms with Crippen LogP contribution in [0.3, 0.4) is 0 Å². The number of amides is 2. The van der Waals surface area contributed by atoms with Gasteiger partial charge in [-0.1, -0.05) is 12.1 Å². The van der Waals surface area contributed by atoms with Crippen LogP contribution in [0.4, 0.5) is 15.2 Å². The number of aromatic nitrogens is 2. The molecule has 2 amide bonds. The lowest BCUT2D eigenvalue weighted by atomic mass is 10.2. The Morgan fingerprint density at radius 3 is 2.68 bits per heavy atom. The number of nitrogens with zero attached hydrogens (tertiary/aromatic N) is 3. The summed E-state index contributed by atoms with van der Waals surface area (Å²) in [6.45, 7) is 0.747. The summed E-state index contributed by atoms with van der Waals surface area (Å²) in [7, 11) is 0. The minimum Gasteiger partial charge on any atom is -0.467 e. The normalized spacial score (nSPS) is 10.6. The molecule has 3 heterocycles. The quantitative estimate of drug-likeness (QED) is 0.351. The van der Waals surface area contributed by atoms with Gasteiger partial charge in [0.1, 0.15) is 17.3 Å². The number of benzene rings is 1. The molecule has 8 nitrogen and oxygen atoms in total. The number of hydrogen-bond acceptors (Lipinski definition) is 7. The molecule has 1 aromatic carbocycles. The molecular formula is C24H22FN5O3S. The topological polar surface area (TPSA) is 100 Å². The number of hydrogen-bond donors (Lipinski definition) is 2. The van der Waals surface area contributed by atoms with Crippen molar-refractivity contribution in [1.29, 1.82) is 0 Å². The van der Waals surface area contributed by atoms with Gasteiger partial charge >= 0.3 is 0 Å². The Hall–Kier alpha value is -4.05. The zero-order valence-electron chi connectivity index (χ0n) is 18.1. The Kier molecular flexibility index (Phi) is 7.61. The third-order valence-corrected chi connectivity index (χ3v) is 5.66. The minimum atomic E-state index is -0.414. The van der Waals surface area contributed by atoms with Crippen molar-refractivity contribution in [3.8, 4) is 0 Å². The van der Waals surface area contributed by atoms with Crippen LogP contribution in [0.2, 0.25) is 0 Å². The molecule has 0 aliphatic rings. The first kappa shape index (κ1) is 23.1. The average molecular weight is 480 g/mol. The van der Waals surface area contributed by atoms with E-state index in [0.717, 1.165) is 5.56 Å². The van der Waals surface area contributed by atoms with Crippen molar-refractivity contribution in [2.24, 2.45) is 0 Å². The van der Waals surface area contributed by atoms with Gasteiger partial charge in [0.05, 0.1) is 18.5 Å². The fourth-order valence-electron chi connectivity index (χ4n) is 3.14. The summed E-state index contributed by atoms with van der Waals surface area (Å²) >= 11 is 1.19. The molecule has 0 bridgehead atoms. The van der Waals surface area contributed by atoms with Gasteiger partial charge in [-0.05, 0) is 42.0 Å². The maximum absolute atomic E-state index is 13.9. The van der Waals surface area contributed by atoms with E-state index in [1.54, 1.807) is 48.1 Å².